The maximum atomic E-state index is 11.3. The largest absolute Gasteiger partial charge is 0.478 e. The maximum absolute atomic E-state index is 11.3. The second kappa shape index (κ2) is 5.82. The van der Waals surface area contributed by atoms with Gasteiger partial charge in [0.25, 0.3) is 0 Å². The molecule has 2 rings (SSSR count). The molecule has 1 heterocycles. The maximum Gasteiger partial charge on any atom is 0.336 e. The van der Waals surface area contributed by atoms with Gasteiger partial charge in [-0.05, 0) is 6.07 Å². The highest BCUT2D eigenvalue weighted by Crippen LogP contribution is 2.46. The number of rotatable bonds is 4. The number of benzene rings is 1. The summed E-state index contributed by atoms with van der Waals surface area (Å²) in [6.07, 6.45) is -0.800. The molecule has 0 aromatic heterocycles. The van der Waals surface area contributed by atoms with E-state index in [2.05, 4.69) is 0 Å². The van der Waals surface area contributed by atoms with Crippen molar-refractivity contribution in [3.8, 4) is 0 Å². The number of esters is 1. The molecule has 0 radical (unpaired) electrons. The number of thioether (sulfide) groups is 1. The van der Waals surface area contributed by atoms with Crippen molar-refractivity contribution in [3.63, 3.8) is 0 Å². The Hall–Kier alpha value is -1.57. The lowest BCUT2D eigenvalue weighted by molar-refractivity contribution is -0.186. The lowest BCUT2D eigenvalue weighted by Crippen LogP contribution is -2.31. The van der Waals surface area contributed by atoms with Crippen molar-refractivity contribution < 1.29 is 29.3 Å². The van der Waals surface area contributed by atoms with Gasteiger partial charge in [-0.15, -0.1) is 11.8 Å². The third-order valence-corrected chi connectivity index (χ3v) is 4.20. The predicted molar refractivity (Wildman–Crippen MR) is 71.3 cm³/mol. The van der Waals surface area contributed by atoms with Crippen LogP contribution in [0, 0.1) is 0 Å². The van der Waals surface area contributed by atoms with Crippen molar-refractivity contribution in [1.29, 1.82) is 0 Å². The minimum atomic E-state index is -1.23. The van der Waals surface area contributed by atoms with Gasteiger partial charge in [0.05, 0.1) is 17.9 Å². The summed E-state index contributed by atoms with van der Waals surface area (Å²) in [7, 11) is 0. The summed E-state index contributed by atoms with van der Waals surface area (Å²) in [6, 6.07) is 6.30. The molecular weight excluding hydrogens is 284 g/mol. The van der Waals surface area contributed by atoms with E-state index in [0.717, 1.165) is 0 Å². The molecule has 0 aliphatic carbocycles. The van der Waals surface area contributed by atoms with Gasteiger partial charge in [-0.25, -0.2) is 4.79 Å². The minimum Gasteiger partial charge on any atom is -0.478 e. The molecule has 1 aliphatic heterocycles. The van der Waals surface area contributed by atoms with Crippen LogP contribution in [-0.4, -0.2) is 40.8 Å². The highest BCUT2D eigenvalue weighted by Gasteiger charge is 2.45. The molecule has 1 fully saturated rings. The molecule has 1 aromatic rings. The summed E-state index contributed by atoms with van der Waals surface area (Å²) < 4.78 is 10.5. The second-order valence-corrected chi connectivity index (χ2v) is 5.51. The van der Waals surface area contributed by atoms with Gasteiger partial charge in [-0.1, -0.05) is 18.2 Å². The van der Waals surface area contributed by atoms with E-state index in [4.69, 9.17) is 9.47 Å². The van der Waals surface area contributed by atoms with Crippen molar-refractivity contribution in [3.05, 3.63) is 35.4 Å². The Labute approximate surface area is 119 Å². The molecule has 2 unspecified atom stereocenters. The van der Waals surface area contributed by atoms with Gasteiger partial charge in [-0.2, -0.15) is 0 Å². The number of aliphatic hydroxyl groups excluding tert-OH is 1. The molecule has 1 aliphatic rings. The summed E-state index contributed by atoms with van der Waals surface area (Å²) in [5.74, 6) is -1.27. The number of carbonyl (C=O) groups excluding carboxylic acids is 1. The smallest absolute Gasteiger partial charge is 0.336 e. The number of aliphatic hydroxyl groups is 1. The van der Waals surface area contributed by atoms with E-state index in [0.29, 0.717) is 11.3 Å². The molecule has 7 heteroatoms. The van der Waals surface area contributed by atoms with Crippen molar-refractivity contribution in [2.45, 2.75) is 18.1 Å². The zero-order valence-corrected chi connectivity index (χ0v) is 11.6. The fourth-order valence-corrected chi connectivity index (χ4v) is 3.18. The first-order valence-corrected chi connectivity index (χ1v) is 6.90. The summed E-state index contributed by atoms with van der Waals surface area (Å²) in [4.78, 5) is 21.0. The van der Waals surface area contributed by atoms with E-state index in [-0.39, 0.29) is 5.56 Å². The lowest BCUT2D eigenvalue weighted by Gasteiger charge is -2.27. The monoisotopic (exact) mass is 298 g/mol. The van der Waals surface area contributed by atoms with Crippen LogP contribution < -0.4 is 0 Å². The van der Waals surface area contributed by atoms with Crippen LogP contribution in [0.1, 0.15) is 22.8 Å². The Balaban J connectivity index is 2.34. The Morgan fingerprint density at radius 3 is 2.80 bits per heavy atom. The number of carboxylic acids is 1. The highest BCUT2D eigenvalue weighted by atomic mass is 32.2. The number of ether oxygens (including phenoxy) is 2. The third-order valence-electron chi connectivity index (χ3n) is 2.85. The Bertz CT molecular complexity index is 531. The van der Waals surface area contributed by atoms with E-state index in [1.54, 1.807) is 18.2 Å². The second-order valence-electron chi connectivity index (χ2n) is 4.23. The van der Waals surface area contributed by atoms with Crippen LogP contribution >= 0.6 is 11.8 Å². The molecule has 1 aromatic carbocycles. The van der Waals surface area contributed by atoms with Gasteiger partial charge < -0.3 is 19.7 Å². The van der Waals surface area contributed by atoms with Crippen LogP contribution in [0.3, 0.4) is 0 Å². The molecule has 0 bridgehead atoms. The molecule has 2 N–H and O–H groups in total. The molecule has 6 nitrogen and oxygen atoms in total. The highest BCUT2D eigenvalue weighted by molar-refractivity contribution is 8.00. The van der Waals surface area contributed by atoms with Crippen LogP contribution in [0.15, 0.2) is 24.3 Å². The Morgan fingerprint density at radius 2 is 2.20 bits per heavy atom. The van der Waals surface area contributed by atoms with Gasteiger partial charge >= 0.3 is 11.9 Å². The molecule has 0 amide bonds. The zero-order chi connectivity index (χ0) is 14.8. The normalized spacial score (nSPS) is 25.4. The van der Waals surface area contributed by atoms with Crippen molar-refractivity contribution in [1.82, 2.24) is 0 Å². The average Bonchev–Trinajstić information content (AvgIpc) is 2.82. The van der Waals surface area contributed by atoms with Crippen molar-refractivity contribution in [2.24, 2.45) is 0 Å². The lowest BCUT2D eigenvalue weighted by atomic mass is 10.0. The van der Waals surface area contributed by atoms with E-state index >= 15 is 0 Å². The summed E-state index contributed by atoms with van der Waals surface area (Å²) in [6.45, 7) is 0.845. The van der Waals surface area contributed by atoms with Gasteiger partial charge in [0.2, 0.25) is 6.29 Å². The fraction of sp³-hybridized carbons (Fsp3) is 0.385. The van der Waals surface area contributed by atoms with E-state index in [9.17, 15) is 19.8 Å². The molecule has 0 spiro atoms. The van der Waals surface area contributed by atoms with Gasteiger partial charge in [0.1, 0.15) is 0 Å². The van der Waals surface area contributed by atoms with Crippen LogP contribution in [0.2, 0.25) is 0 Å². The van der Waals surface area contributed by atoms with Crippen LogP contribution in [0.5, 0.6) is 0 Å². The molecule has 1 saturated heterocycles. The number of hydrogen-bond donors (Lipinski definition) is 2. The summed E-state index contributed by atoms with van der Waals surface area (Å²) in [5, 5.41) is 18.9. The number of aromatic carboxylic acids is 1. The average molecular weight is 298 g/mol. The van der Waals surface area contributed by atoms with E-state index in [1.807, 2.05) is 0 Å². The number of carboxylic acid groups (broad SMARTS) is 1. The minimum absolute atomic E-state index is 0.0533. The van der Waals surface area contributed by atoms with Gasteiger partial charge in [-0.3, -0.25) is 4.79 Å². The first-order chi connectivity index (χ1) is 9.48. The van der Waals surface area contributed by atoms with Crippen LogP contribution in [0.25, 0.3) is 0 Å². The zero-order valence-electron chi connectivity index (χ0n) is 10.7. The molecule has 0 saturated carbocycles. The fourth-order valence-electron chi connectivity index (χ4n) is 2.04. The molecule has 108 valence electrons. The van der Waals surface area contributed by atoms with Gasteiger partial charge in [0, 0.05) is 12.5 Å². The van der Waals surface area contributed by atoms with E-state index in [1.165, 1.54) is 24.8 Å². The van der Waals surface area contributed by atoms with Gasteiger partial charge in [0.15, 0.2) is 4.93 Å². The standard InChI is InChI=1S/C13H14O6S/c1-8(15)18-11-6-20-13(7-14,19-11)10-5-3-2-4-9(10)12(16)17/h2-5,11,14H,6-7H2,1H3,(H,16,17). The number of hydrogen-bond acceptors (Lipinski definition) is 6. The van der Waals surface area contributed by atoms with Crippen LogP contribution in [0.4, 0.5) is 0 Å². The SMILES string of the molecule is CC(=O)OC1CSC(CO)(c2ccccc2C(=O)O)O1. The van der Waals surface area contributed by atoms with Crippen LogP contribution in [-0.2, 0) is 19.2 Å². The molecule has 20 heavy (non-hydrogen) atoms. The summed E-state index contributed by atoms with van der Waals surface area (Å²) in [5.41, 5.74) is 0.409. The Morgan fingerprint density at radius 1 is 1.50 bits per heavy atom. The van der Waals surface area contributed by atoms with E-state index < -0.39 is 29.8 Å². The predicted octanol–water partition coefficient (Wildman–Crippen LogP) is 1.18. The molecular formula is C13H14O6S. The first kappa shape index (κ1) is 14.8. The molecule has 2 atom stereocenters. The third kappa shape index (κ3) is 2.79. The van der Waals surface area contributed by atoms with Crippen molar-refractivity contribution >= 4 is 23.7 Å². The first-order valence-electron chi connectivity index (χ1n) is 5.91. The summed E-state index contributed by atoms with van der Waals surface area (Å²) >= 11 is 1.21. The quantitative estimate of drug-likeness (QED) is 0.806. The topological polar surface area (TPSA) is 93.1 Å². The number of carbonyl (C=O) groups is 2. The Kier molecular flexibility index (Phi) is 4.32. The van der Waals surface area contributed by atoms with Crippen molar-refractivity contribution in [2.75, 3.05) is 12.4 Å².